The topological polar surface area (TPSA) is 86.5 Å². The zero-order valence-corrected chi connectivity index (χ0v) is 9.07. The summed E-state index contributed by atoms with van der Waals surface area (Å²) in [4.78, 5) is 17.7. The maximum atomic E-state index is 12.9. The molecular weight excluding hydrogens is 237 g/mol. The van der Waals surface area contributed by atoms with E-state index in [-0.39, 0.29) is 5.56 Å². The van der Waals surface area contributed by atoms with E-state index in [0.29, 0.717) is 22.4 Å². The van der Waals surface area contributed by atoms with E-state index in [1.165, 1.54) is 18.5 Å². The predicted molar refractivity (Wildman–Crippen MR) is 64.2 cm³/mol. The number of pyridine rings is 2. The first-order valence-electron chi connectivity index (χ1n) is 5.18. The van der Waals surface area contributed by atoms with Gasteiger partial charge in [0.05, 0.1) is 5.52 Å². The molecule has 0 spiro atoms. The van der Waals surface area contributed by atoms with Crippen LogP contribution < -0.4 is 10.9 Å². The largest absolute Gasteiger partial charge is 0.338 e. The third-order valence-corrected chi connectivity index (χ3v) is 2.48. The highest BCUT2D eigenvalue weighted by atomic mass is 19.1. The summed E-state index contributed by atoms with van der Waals surface area (Å²) in [6.07, 6.45) is 2.86. The van der Waals surface area contributed by atoms with Gasteiger partial charge in [0, 0.05) is 24.1 Å². The van der Waals surface area contributed by atoms with Gasteiger partial charge in [-0.15, -0.1) is 0 Å². The lowest BCUT2D eigenvalue weighted by Gasteiger charge is -2.02. The Kier molecular flexibility index (Phi) is 2.30. The second-order valence-electron chi connectivity index (χ2n) is 3.66. The second-order valence-corrected chi connectivity index (χ2v) is 3.66. The number of hydrogen-bond donors (Lipinski definition) is 3. The van der Waals surface area contributed by atoms with E-state index >= 15 is 0 Å². The van der Waals surface area contributed by atoms with Crippen LogP contribution in [0.4, 0.5) is 15.9 Å². The highest BCUT2D eigenvalue weighted by Crippen LogP contribution is 2.20. The van der Waals surface area contributed by atoms with Gasteiger partial charge in [-0.05, 0) is 12.1 Å². The molecule has 0 atom stereocenters. The number of nitrogens with zero attached hydrogens (tertiary/aromatic N) is 2. The molecule has 3 rings (SSSR count). The van der Waals surface area contributed by atoms with Crippen LogP contribution in [0.15, 0.2) is 35.4 Å². The standard InChI is InChI=1S/C11H8FN5O/c12-8-5-6(1-3-13-8)15-10-9-7(16-17-10)2-4-14-11(9)18/h1-5H,(H,14,18)(H2,13,15,16,17). The van der Waals surface area contributed by atoms with Crippen molar-refractivity contribution in [3.05, 3.63) is 46.9 Å². The van der Waals surface area contributed by atoms with Crippen LogP contribution in [-0.2, 0) is 0 Å². The van der Waals surface area contributed by atoms with Crippen LogP contribution >= 0.6 is 0 Å². The molecule has 0 aliphatic heterocycles. The minimum atomic E-state index is -0.603. The van der Waals surface area contributed by atoms with Gasteiger partial charge in [0.2, 0.25) is 5.95 Å². The first-order chi connectivity index (χ1) is 8.74. The molecule has 0 aliphatic carbocycles. The maximum absolute atomic E-state index is 12.9. The normalized spacial score (nSPS) is 10.7. The molecule has 0 amide bonds. The Balaban J connectivity index is 2.08. The number of halogens is 1. The van der Waals surface area contributed by atoms with E-state index in [1.54, 1.807) is 12.1 Å². The molecule has 90 valence electrons. The molecule has 0 aromatic carbocycles. The summed E-state index contributed by atoms with van der Waals surface area (Å²) in [5.74, 6) is -0.258. The number of anilines is 2. The number of hydrogen-bond acceptors (Lipinski definition) is 4. The average molecular weight is 245 g/mol. The molecule has 0 saturated heterocycles. The van der Waals surface area contributed by atoms with Crippen LogP contribution in [0.3, 0.4) is 0 Å². The van der Waals surface area contributed by atoms with Gasteiger partial charge in [-0.25, -0.2) is 4.98 Å². The zero-order valence-electron chi connectivity index (χ0n) is 9.07. The number of nitrogens with one attached hydrogen (secondary N) is 3. The highest BCUT2D eigenvalue weighted by molar-refractivity contribution is 5.90. The first-order valence-corrected chi connectivity index (χ1v) is 5.18. The molecule has 0 unspecified atom stereocenters. The zero-order chi connectivity index (χ0) is 12.5. The molecule has 3 aromatic heterocycles. The number of fused-ring (bicyclic) bond motifs is 1. The average Bonchev–Trinajstić information content (AvgIpc) is 2.74. The summed E-state index contributed by atoms with van der Waals surface area (Å²) in [6, 6.07) is 4.50. The van der Waals surface area contributed by atoms with E-state index in [2.05, 4.69) is 25.5 Å². The molecule has 3 heterocycles. The maximum Gasteiger partial charge on any atom is 0.261 e. The summed E-state index contributed by atoms with van der Waals surface area (Å²) >= 11 is 0. The van der Waals surface area contributed by atoms with Crippen molar-refractivity contribution >= 4 is 22.4 Å². The summed E-state index contributed by atoms with van der Waals surface area (Å²) in [7, 11) is 0. The quantitative estimate of drug-likeness (QED) is 0.597. The Morgan fingerprint density at radius 1 is 1.33 bits per heavy atom. The molecule has 0 bridgehead atoms. The van der Waals surface area contributed by atoms with Gasteiger partial charge < -0.3 is 10.3 Å². The van der Waals surface area contributed by atoms with Gasteiger partial charge in [-0.3, -0.25) is 9.89 Å². The van der Waals surface area contributed by atoms with Crippen LogP contribution in [0.25, 0.3) is 10.9 Å². The van der Waals surface area contributed by atoms with Crippen LogP contribution in [0.2, 0.25) is 0 Å². The molecule has 0 saturated carbocycles. The van der Waals surface area contributed by atoms with Crippen LogP contribution in [0, 0.1) is 5.95 Å². The van der Waals surface area contributed by atoms with Crippen molar-refractivity contribution < 1.29 is 4.39 Å². The first kappa shape index (κ1) is 10.5. The molecule has 6 nitrogen and oxygen atoms in total. The van der Waals surface area contributed by atoms with Crippen molar-refractivity contribution in [3.8, 4) is 0 Å². The summed E-state index contributed by atoms with van der Waals surface area (Å²) < 4.78 is 12.9. The third kappa shape index (κ3) is 1.71. The number of rotatable bonds is 2. The fraction of sp³-hybridized carbons (Fsp3) is 0. The summed E-state index contributed by atoms with van der Waals surface area (Å²) in [6.45, 7) is 0. The SMILES string of the molecule is O=c1[nH]ccc2[nH]nc(Nc3ccnc(F)c3)c12. The lowest BCUT2D eigenvalue weighted by atomic mass is 10.3. The summed E-state index contributed by atoms with van der Waals surface area (Å²) in [5.41, 5.74) is 0.813. The van der Waals surface area contributed by atoms with Gasteiger partial charge in [0.1, 0.15) is 5.39 Å². The van der Waals surface area contributed by atoms with E-state index in [0.717, 1.165) is 0 Å². The van der Waals surface area contributed by atoms with Gasteiger partial charge in [0.25, 0.3) is 5.56 Å². The van der Waals surface area contributed by atoms with Crippen molar-refractivity contribution in [1.29, 1.82) is 0 Å². The number of H-pyrrole nitrogens is 2. The Hall–Kier alpha value is -2.70. The molecule has 0 radical (unpaired) electrons. The Morgan fingerprint density at radius 3 is 3.06 bits per heavy atom. The molecule has 18 heavy (non-hydrogen) atoms. The van der Waals surface area contributed by atoms with Crippen molar-refractivity contribution in [2.45, 2.75) is 0 Å². The highest BCUT2D eigenvalue weighted by Gasteiger charge is 2.09. The van der Waals surface area contributed by atoms with Gasteiger partial charge >= 0.3 is 0 Å². The molecule has 0 fully saturated rings. The Labute approximate surface area is 99.9 Å². The van der Waals surface area contributed by atoms with Crippen molar-refractivity contribution in [3.63, 3.8) is 0 Å². The monoisotopic (exact) mass is 245 g/mol. The van der Waals surface area contributed by atoms with Crippen molar-refractivity contribution in [2.75, 3.05) is 5.32 Å². The van der Waals surface area contributed by atoms with Crippen LogP contribution in [0.1, 0.15) is 0 Å². The fourth-order valence-corrected chi connectivity index (χ4v) is 1.69. The molecule has 3 aromatic rings. The molecule has 3 N–H and O–H groups in total. The number of aromatic amines is 2. The third-order valence-electron chi connectivity index (χ3n) is 2.48. The van der Waals surface area contributed by atoms with E-state index in [9.17, 15) is 9.18 Å². The smallest absolute Gasteiger partial charge is 0.261 e. The predicted octanol–water partition coefficient (Wildman–Crippen LogP) is 1.53. The number of aromatic nitrogens is 4. The Morgan fingerprint density at radius 2 is 2.22 bits per heavy atom. The minimum absolute atomic E-state index is 0.265. The van der Waals surface area contributed by atoms with E-state index < -0.39 is 5.95 Å². The molecule has 0 aliphatic rings. The lowest BCUT2D eigenvalue weighted by molar-refractivity contribution is 0.584. The van der Waals surface area contributed by atoms with E-state index in [4.69, 9.17) is 0 Å². The summed E-state index contributed by atoms with van der Waals surface area (Å²) in [5, 5.41) is 9.97. The lowest BCUT2D eigenvalue weighted by Crippen LogP contribution is -2.05. The van der Waals surface area contributed by atoms with Gasteiger partial charge in [-0.1, -0.05) is 0 Å². The second kappa shape index (κ2) is 3.95. The minimum Gasteiger partial charge on any atom is -0.338 e. The molecular formula is C11H8FN5O. The molecule has 7 heteroatoms. The van der Waals surface area contributed by atoms with Crippen molar-refractivity contribution in [1.82, 2.24) is 20.2 Å². The van der Waals surface area contributed by atoms with Crippen molar-refractivity contribution in [2.24, 2.45) is 0 Å². The Bertz CT molecular complexity index is 763. The fourth-order valence-electron chi connectivity index (χ4n) is 1.69. The van der Waals surface area contributed by atoms with Crippen LogP contribution in [0.5, 0.6) is 0 Å². The van der Waals surface area contributed by atoms with Gasteiger partial charge in [0.15, 0.2) is 5.82 Å². The van der Waals surface area contributed by atoms with Crippen LogP contribution in [-0.4, -0.2) is 20.2 Å². The van der Waals surface area contributed by atoms with Gasteiger partial charge in [-0.2, -0.15) is 9.49 Å². The van der Waals surface area contributed by atoms with E-state index in [1.807, 2.05) is 0 Å².